The molecule has 8 nitrogen and oxygen atoms in total. The molecule has 4 fully saturated rings. The van der Waals surface area contributed by atoms with Gasteiger partial charge in [0.05, 0.1) is 12.2 Å². The van der Waals surface area contributed by atoms with Crippen LogP contribution in [0.1, 0.15) is 71.6 Å². The number of rotatable bonds is 4. The van der Waals surface area contributed by atoms with Gasteiger partial charge in [0.2, 0.25) is 0 Å². The predicted molar refractivity (Wildman–Crippen MR) is 105 cm³/mol. The summed E-state index contributed by atoms with van der Waals surface area (Å²) in [6.45, 7) is 4.43. The summed E-state index contributed by atoms with van der Waals surface area (Å²) in [4.78, 5) is 0. The molecule has 4 saturated carbocycles. The summed E-state index contributed by atoms with van der Waals surface area (Å²) in [7, 11) is -8.89. The van der Waals surface area contributed by atoms with Gasteiger partial charge < -0.3 is 0 Å². The molecule has 0 amide bonds. The van der Waals surface area contributed by atoms with Crippen LogP contribution in [0.15, 0.2) is 0 Å². The molecule has 8 atom stereocenters. The van der Waals surface area contributed by atoms with Crippen LogP contribution < -0.4 is 0 Å². The fraction of sp³-hybridized carbons (Fsp3) is 1.00. The Morgan fingerprint density at radius 2 is 1.38 bits per heavy atom. The molecule has 4 aliphatic carbocycles. The van der Waals surface area contributed by atoms with E-state index in [-0.39, 0.29) is 10.8 Å². The Balaban J connectivity index is 1.51. The summed E-state index contributed by atoms with van der Waals surface area (Å²) < 4.78 is 73.1. The Morgan fingerprint density at radius 3 is 2.03 bits per heavy atom. The molecule has 4 rings (SSSR count). The smallest absolute Gasteiger partial charge is 0.264 e. The van der Waals surface area contributed by atoms with Gasteiger partial charge in [-0.3, -0.25) is 9.11 Å². The zero-order chi connectivity index (χ0) is 21.2. The van der Waals surface area contributed by atoms with E-state index in [1.807, 2.05) is 0 Å². The lowest BCUT2D eigenvalue weighted by molar-refractivity contribution is -0.129. The Bertz CT molecular complexity index is 855. The molecule has 10 heteroatoms. The van der Waals surface area contributed by atoms with E-state index in [9.17, 15) is 21.4 Å². The molecule has 0 aromatic heterocycles. The SMILES string of the molecule is C[C@]12CC[C@H]3[C@@H](CCC4C[C@@H](OS(=O)(=O)O)CC[C@@]43C)[C@@H]1CC[C@H]2OS(=O)(=O)O. The molecule has 1 unspecified atom stereocenters. The first kappa shape index (κ1) is 22.0. The van der Waals surface area contributed by atoms with E-state index in [0.717, 1.165) is 38.5 Å². The van der Waals surface area contributed by atoms with E-state index in [2.05, 4.69) is 13.8 Å². The molecular formula is C19H32O8S2. The van der Waals surface area contributed by atoms with E-state index in [1.54, 1.807) is 0 Å². The molecular weight excluding hydrogens is 420 g/mol. The second-order valence-corrected chi connectivity index (χ2v) is 12.3. The van der Waals surface area contributed by atoms with Crippen LogP contribution >= 0.6 is 0 Å². The molecule has 0 aromatic carbocycles. The highest BCUT2D eigenvalue weighted by molar-refractivity contribution is 7.81. The minimum absolute atomic E-state index is 0.103. The minimum Gasteiger partial charge on any atom is -0.264 e. The normalized spacial score (nSPS) is 47.9. The first-order chi connectivity index (χ1) is 13.3. The van der Waals surface area contributed by atoms with Crippen LogP contribution in [0.5, 0.6) is 0 Å². The van der Waals surface area contributed by atoms with Gasteiger partial charge in [-0.05, 0) is 92.3 Å². The average molecular weight is 453 g/mol. The van der Waals surface area contributed by atoms with E-state index >= 15 is 0 Å². The summed E-state index contributed by atoms with van der Waals surface area (Å²) in [6, 6.07) is 0. The summed E-state index contributed by atoms with van der Waals surface area (Å²) >= 11 is 0. The zero-order valence-electron chi connectivity index (χ0n) is 17.0. The Morgan fingerprint density at radius 1 is 0.759 bits per heavy atom. The number of hydrogen-bond donors (Lipinski definition) is 2. The van der Waals surface area contributed by atoms with Crippen LogP contribution in [0.25, 0.3) is 0 Å². The summed E-state index contributed by atoms with van der Waals surface area (Å²) in [5.74, 6) is 1.73. The molecule has 0 spiro atoms. The van der Waals surface area contributed by atoms with E-state index < -0.39 is 33.0 Å². The third kappa shape index (κ3) is 4.01. The fourth-order valence-electron chi connectivity index (χ4n) is 7.73. The van der Waals surface area contributed by atoms with Crippen molar-refractivity contribution in [1.29, 1.82) is 0 Å². The largest absolute Gasteiger partial charge is 0.397 e. The quantitative estimate of drug-likeness (QED) is 0.621. The van der Waals surface area contributed by atoms with E-state index in [0.29, 0.717) is 42.9 Å². The summed E-state index contributed by atoms with van der Waals surface area (Å²) in [5.41, 5.74) is -0.142. The predicted octanol–water partition coefficient (Wildman–Crippen LogP) is 3.41. The topological polar surface area (TPSA) is 127 Å². The highest BCUT2D eigenvalue weighted by Crippen LogP contribution is 2.66. The van der Waals surface area contributed by atoms with Crippen LogP contribution in [-0.4, -0.2) is 38.1 Å². The van der Waals surface area contributed by atoms with Gasteiger partial charge in [-0.1, -0.05) is 13.8 Å². The van der Waals surface area contributed by atoms with Crippen molar-refractivity contribution in [1.82, 2.24) is 0 Å². The van der Waals surface area contributed by atoms with Crippen molar-refractivity contribution in [3.63, 3.8) is 0 Å². The maximum absolute atomic E-state index is 11.3. The zero-order valence-corrected chi connectivity index (χ0v) is 18.6. The van der Waals surface area contributed by atoms with Gasteiger partial charge in [-0.25, -0.2) is 8.37 Å². The highest BCUT2D eigenvalue weighted by atomic mass is 32.3. The van der Waals surface area contributed by atoms with E-state index in [1.165, 1.54) is 0 Å². The van der Waals surface area contributed by atoms with Crippen LogP contribution in [0, 0.1) is 34.5 Å². The third-order valence-corrected chi connectivity index (χ3v) is 10.0. The van der Waals surface area contributed by atoms with Crippen molar-refractivity contribution in [3.8, 4) is 0 Å². The molecule has 0 aromatic rings. The van der Waals surface area contributed by atoms with Crippen LogP contribution in [-0.2, 0) is 29.2 Å². The summed E-state index contributed by atoms with van der Waals surface area (Å²) in [5, 5.41) is 0. The lowest BCUT2D eigenvalue weighted by Crippen LogP contribution is -2.54. The van der Waals surface area contributed by atoms with Crippen LogP contribution in [0.3, 0.4) is 0 Å². The number of fused-ring (bicyclic) bond motifs is 5. The molecule has 0 heterocycles. The van der Waals surface area contributed by atoms with Gasteiger partial charge in [-0.2, -0.15) is 16.8 Å². The van der Waals surface area contributed by atoms with Crippen molar-refractivity contribution in [2.45, 2.75) is 83.8 Å². The molecule has 0 bridgehead atoms. The monoisotopic (exact) mass is 452 g/mol. The maximum Gasteiger partial charge on any atom is 0.397 e. The Kier molecular flexibility index (Phi) is 5.40. The molecule has 168 valence electrons. The fourth-order valence-corrected chi connectivity index (χ4v) is 8.86. The third-order valence-electron chi connectivity index (χ3n) is 9.03. The average Bonchev–Trinajstić information content (AvgIpc) is 2.89. The molecule has 0 saturated heterocycles. The van der Waals surface area contributed by atoms with Crippen LogP contribution in [0.2, 0.25) is 0 Å². The standard InChI is InChI=1S/C19H32O8S2/c1-18-9-7-13(26-28(20,21)22)11-12(18)3-4-14-15-5-6-17(27-29(23,24)25)19(15,2)10-8-16(14)18/h12-17H,3-11H2,1-2H3,(H,20,21,22)(H,23,24,25)/t12?,13-,14-,15-,16-,17+,18-,19-/m0/s1. The van der Waals surface area contributed by atoms with Crippen molar-refractivity contribution in [2.75, 3.05) is 0 Å². The van der Waals surface area contributed by atoms with Crippen LogP contribution in [0.4, 0.5) is 0 Å². The molecule has 0 aliphatic heterocycles. The second kappa shape index (κ2) is 7.13. The van der Waals surface area contributed by atoms with Crippen molar-refractivity contribution >= 4 is 20.8 Å². The van der Waals surface area contributed by atoms with Crippen molar-refractivity contribution in [2.24, 2.45) is 34.5 Å². The minimum atomic E-state index is -4.46. The first-order valence-electron chi connectivity index (χ1n) is 10.6. The number of hydrogen-bond acceptors (Lipinski definition) is 6. The molecule has 0 radical (unpaired) electrons. The van der Waals surface area contributed by atoms with Gasteiger partial charge >= 0.3 is 20.8 Å². The Hall–Kier alpha value is -0.260. The van der Waals surface area contributed by atoms with E-state index in [4.69, 9.17) is 12.9 Å². The highest BCUT2D eigenvalue weighted by Gasteiger charge is 2.61. The van der Waals surface area contributed by atoms with Gasteiger partial charge in [0, 0.05) is 0 Å². The van der Waals surface area contributed by atoms with Gasteiger partial charge in [0.25, 0.3) is 0 Å². The summed E-state index contributed by atoms with van der Waals surface area (Å²) in [6.07, 6.45) is 6.64. The first-order valence-corrected chi connectivity index (χ1v) is 13.4. The lowest BCUT2D eigenvalue weighted by atomic mass is 9.45. The molecule has 2 N–H and O–H groups in total. The van der Waals surface area contributed by atoms with Gasteiger partial charge in [0.15, 0.2) is 0 Å². The second-order valence-electron chi connectivity index (χ2n) is 10.2. The van der Waals surface area contributed by atoms with Crippen molar-refractivity contribution < 1.29 is 34.3 Å². The molecule has 29 heavy (non-hydrogen) atoms. The maximum atomic E-state index is 11.3. The van der Waals surface area contributed by atoms with Crippen molar-refractivity contribution in [3.05, 3.63) is 0 Å². The van der Waals surface area contributed by atoms with Gasteiger partial charge in [-0.15, -0.1) is 0 Å². The lowest BCUT2D eigenvalue weighted by Gasteiger charge is -2.60. The van der Waals surface area contributed by atoms with Gasteiger partial charge in [0.1, 0.15) is 0 Å². The Labute approximate surface area is 173 Å². The molecule has 4 aliphatic rings.